The maximum absolute atomic E-state index is 12.6. The number of aromatic nitrogens is 1. The van der Waals surface area contributed by atoms with Gasteiger partial charge in [0.15, 0.2) is 0 Å². The van der Waals surface area contributed by atoms with Crippen molar-refractivity contribution in [1.29, 1.82) is 0 Å². The van der Waals surface area contributed by atoms with Crippen molar-refractivity contribution < 1.29 is 8.42 Å². The fraction of sp³-hybridized carbons (Fsp3) is 0.308. The number of pyridine rings is 1. The van der Waals surface area contributed by atoms with Crippen molar-refractivity contribution in [3.05, 3.63) is 40.2 Å². The molecule has 7 heteroatoms. The number of fused-ring (bicyclic) bond motifs is 1. The van der Waals surface area contributed by atoms with E-state index in [1.54, 1.807) is 30.5 Å². The van der Waals surface area contributed by atoms with Crippen molar-refractivity contribution in [3.8, 4) is 0 Å². The summed E-state index contributed by atoms with van der Waals surface area (Å²) < 4.78 is 26.7. The Morgan fingerprint density at radius 3 is 2.90 bits per heavy atom. The predicted molar refractivity (Wildman–Crippen MR) is 79.4 cm³/mol. The molecule has 0 saturated heterocycles. The Bertz CT molecular complexity index is 707. The van der Waals surface area contributed by atoms with Crippen molar-refractivity contribution in [2.45, 2.75) is 17.9 Å². The Hall–Kier alpha value is -1.44. The maximum Gasteiger partial charge on any atom is 0.244 e. The van der Waals surface area contributed by atoms with Gasteiger partial charge in [-0.05, 0) is 35.6 Å². The van der Waals surface area contributed by atoms with Gasteiger partial charge >= 0.3 is 0 Å². The maximum atomic E-state index is 12.6. The zero-order chi connectivity index (χ0) is 14.2. The normalized spacial score (nSPS) is 15.8. The quantitative estimate of drug-likeness (QED) is 0.941. The largest absolute Gasteiger partial charge is 0.373 e. The van der Waals surface area contributed by atoms with Gasteiger partial charge in [0.25, 0.3) is 0 Å². The lowest BCUT2D eigenvalue weighted by molar-refractivity contribution is 0.394. The molecule has 0 radical (unpaired) electrons. The van der Waals surface area contributed by atoms with Gasteiger partial charge in [-0.15, -0.1) is 11.3 Å². The summed E-state index contributed by atoms with van der Waals surface area (Å²) in [4.78, 5) is 5.62. The van der Waals surface area contributed by atoms with Gasteiger partial charge < -0.3 is 5.32 Å². The lowest BCUT2D eigenvalue weighted by atomic mass is 10.1. The summed E-state index contributed by atoms with van der Waals surface area (Å²) in [5.74, 6) is 0.655. The molecule has 0 unspecified atom stereocenters. The smallest absolute Gasteiger partial charge is 0.244 e. The molecule has 0 amide bonds. The molecule has 3 heterocycles. The summed E-state index contributed by atoms with van der Waals surface area (Å²) in [6.45, 7) is 0.985. The Labute approximate surface area is 122 Å². The highest BCUT2D eigenvalue weighted by atomic mass is 32.2. The summed E-state index contributed by atoms with van der Waals surface area (Å²) in [6, 6.07) is 5.27. The molecule has 0 aromatic carbocycles. The molecular formula is C13H15N3O2S2. The molecule has 2 aromatic rings. The van der Waals surface area contributed by atoms with Crippen LogP contribution in [0.5, 0.6) is 0 Å². The van der Waals surface area contributed by atoms with Gasteiger partial charge in [-0.3, -0.25) is 0 Å². The Balaban J connectivity index is 1.88. The molecule has 0 fully saturated rings. The van der Waals surface area contributed by atoms with E-state index in [0.717, 1.165) is 12.0 Å². The Kier molecular flexibility index (Phi) is 3.49. The van der Waals surface area contributed by atoms with E-state index in [9.17, 15) is 8.42 Å². The minimum absolute atomic E-state index is 0.246. The minimum Gasteiger partial charge on any atom is -0.373 e. The van der Waals surface area contributed by atoms with Crippen LogP contribution in [0.4, 0.5) is 5.82 Å². The number of nitrogens with zero attached hydrogens (tertiary/aromatic N) is 2. The molecule has 3 rings (SSSR count). The summed E-state index contributed by atoms with van der Waals surface area (Å²) >= 11 is 1.70. The second-order valence-corrected chi connectivity index (χ2v) is 7.53. The first-order valence-corrected chi connectivity index (χ1v) is 8.62. The first kappa shape index (κ1) is 13.5. The number of sulfonamides is 1. The number of rotatable bonds is 3. The van der Waals surface area contributed by atoms with E-state index in [-0.39, 0.29) is 4.90 Å². The van der Waals surface area contributed by atoms with Crippen molar-refractivity contribution in [3.63, 3.8) is 0 Å². The molecule has 5 nitrogen and oxygen atoms in total. The average Bonchev–Trinajstić information content (AvgIpc) is 2.94. The summed E-state index contributed by atoms with van der Waals surface area (Å²) in [5.41, 5.74) is 1.12. The molecular weight excluding hydrogens is 294 g/mol. The van der Waals surface area contributed by atoms with Crippen LogP contribution in [0.3, 0.4) is 0 Å². The minimum atomic E-state index is -3.46. The molecule has 1 aliphatic rings. The van der Waals surface area contributed by atoms with E-state index in [2.05, 4.69) is 10.3 Å². The van der Waals surface area contributed by atoms with Crippen LogP contribution in [0.2, 0.25) is 0 Å². The molecule has 0 aliphatic carbocycles. The molecule has 1 N–H and O–H groups in total. The third-order valence-electron chi connectivity index (χ3n) is 3.40. The topological polar surface area (TPSA) is 62.3 Å². The lowest BCUT2D eigenvalue weighted by Crippen LogP contribution is -2.35. The van der Waals surface area contributed by atoms with Crippen LogP contribution >= 0.6 is 11.3 Å². The number of hydrogen-bond acceptors (Lipinski definition) is 5. The van der Waals surface area contributed by atoms with Gasteiger partial charge in [0.2, 0.25) is 10.0 Å². The van der Waals surface area contributed by atoms with Crippen molar-refractivity contribution in [1.82, 2.24) is 9.29 Å². The number of hydrogen-bond donors (Lipinski definition) is 1. The summed E-state index contributed by atoms with van der Waals surface area (Å²) in [5, 5.41) is 4.89. The van der Waals surface area contributed by atoms with Gasteiger partial charge in [0.1, 0.15) is 10.7 Å². The molecule has 0 bridgehead atoms. The first-order valence-electron chi connectivity index (χ1n) is 6.30. The highest BCUT2D eigenvalue weighted by molar-refractivity contribution is 7.89. The second kappa shape index (κ2) is 5.16. The first-order chi connectivity index (χ1) is 9.61. The Morgan fingerprint density at radius 1 is 1.35 bits per heavy atom. The van der Waals surface area contributed by atoms with Gasteiger partial charge in [0.05, 0.1) is 0 Å². The van der Waals surface area contributed by atoms with Gasteiger partial charge in [-0.2, -0.15) is 4.31 Å². The molecule has 1 aliphatic heterocycles. The van der Waals surface area contributed by atoms with Crippen LogP contribution in [0.1, 0.15) is 10.4 Å². The lowest BCUT2D eigenvalue weighted by Gasteiger charge is -2.26. The molecule has 2 aromatic heterocycles. The molecule has 0 atom stereocenters. The van der Waals surface area contributed by atoms with E-state index in [1.165, 1.54) is 15.4 Å². The third kappa shape index (κ3) is 2.32. The standard InChI is InChI=1S/C13H15N3O2S2/c1-14-13-3-2-11(8-15-13)20(17,18)16-6-4-12-10(9-16)5-7-19-12/h2-3,5,7-8H,4,6,9H2,1H3,(H,14,15). The number of thiophene rings is 1. The molecule has 20 heavy (non-hydrogen) atoms. The number of anilines is 1. The zero-order valence-electron chi connectivity index (χ0n) is 11.0. The van der Waals surface area contributed by atoms with E-state index < -0.39 is 10.0 Å². The fourth-order valence-electron chi connectivity index (χ4n) is 2.26. The van der Waals surface area contributed by atoms with Crippen molar-refractivity contribution in [2.24, 2.45) is 0 Å². The fourth-order valence-corrected chi connectivity index (χ4v) is 4.51. The monoisotopic (exact) mass is 309 g/mol. The van der Waals surface area contributed by atoms with Crippen LogP contribution in [-0.2, 0) is 23.0 Å². The summed E-state index contributed by atoms with van der Waals surface area (Å²) in [6.07, 6.45) is 2.19. The van der Waals surface area contributed by atoms with Crippen LogP contribution < -0.4 is 5.32 Å². The van der Waals surface area contributed by atoms with Crippen molar-refractivity contribution in [2.75, 3.05) is 18.9 Å². The average molecular weight is 309 g/mol. The van der Waals surface area contributed by atoms with E-state index in [0.29, 0.717) is 18.9 Å². The predicted octanol–water partition coefficient (Wildman–Crippen LogP) is 1.93. The van der Waals surface area contributed by atoms with Gasteiger partial charge in [-0.25, -0.2) is 13.4 Å². The SMILES string of the molecule is CNc1ccc(S(=O)(=O)N2CCc3sccc3C2)cn1. The van der Waals surface area contributed by atoms with Crippen LogP contribution in [-0.4, -0.2) is 31.3 Å². The third-order valence-corrected chi connectivity index (χ3v) is 6.25. The Morgan fingerprint density at radius 2 is 2.20 bits per heavy atom. The summed E-state index contributed by atoms with van der Waals surface area (Å²) in [7, 11) is -1.71. The van der Waals surface area contributed by atoms with Gasteiger partial charge in [-0.1, -0.05) is 0 Å². The molecule has 106 valence electrons. The highest BCUT2D eigenvalue weighted by Gasteiger charge is 2.28. The van der Waals surface area contributed by atoms with Crippen LogP contribution in [0.25, 0.3) is 0 Å². The molecule has 0 saturated carbocycles. The number of nitrogens with one attached hydrogen (secondary N) is 1. The zero-order valence-corrected chi connectivity index (χ0v) is 12.7. The molecule has 0 spiro atoms. The van der Waals surface area contributed by atoms with Gasteiger partial charge in [0, 0.05) is 31.2 Å². The van der Waals surface area contributed by atoms with E-state index in [1.807, 2.05) is 11.4 Å². The van der Waals surface area contributed by atoms with Crippen LogP contribution in [0, 0.1) is 0 Å². The van der Waals surface area contributed by atoms with Crippen LogP contribution in [0.15, 0.2) is 34.7 Å². The van der Waals surface area contributed by atoms with E-state index in [4.69, 9.17) is 0 Å². The van der Waals surface area contributed by atoms with Crippen molar-refractivity contribution >= 4 is 27.2 Å². The highest BCUT2D eigenvalue weighted by Crippen LogP contribution is 2.28. The second-order valence-electron chi connectivity index (χ2n) is 4.59. The van der Waals surface area contributed by atoms with E-state index >= 15 is 0 Å².